The molecule has 12 nitrogen and oxygen atoms in total. The number of tetrazole rings is 1. The van der Waals surface area contributed by atoms with Crippen molar-refractivity contribution in [2.45, 2.75) is 16.7 Å². The van der Waals surface area contributed by atoms with E-state index < -0.39 is 21.2 Å². The number of H-pyrrole nitrogens is 1. The lowest BCUT2D eigenvalue weighted by atomic mass is 10.0. The first-order valence-corrected chi connectivity index (χ1v) is 11.5. The monoisotopic (exact) mass is 447 g/mol. The molecule has 0 saturated heterocycles. The minimum absolute atomic E-state index is 0.0937. The molecule has 14 heteroatoms. The van der Waals surface area contributed by atoms with Gasteiger partial charge in [0.1, 0.15) is 10.7 Å². The number of aryl methyl sites for hydroxylation is 1. The van der Waals surface area contributed by atoms with E-state index in [2.05, 4.69) is 30.8 Å². The molecule has 0 fully saturated rings. The smallest absolute Gasteiger partial charge is 0.203 e. The molecule has 3 aromatic heterocycles. The van der Waals surface area contributed by atoms with E-state index >= 15 is 0 Å². The molecule has 0 saturated carbocycles. The third-order valence-electron chi connectivity index (χ3n) is 4.51. The normalized spacial score (nSPS) is 13.1. The fraction of sp³-hybridized carbons (Fsp3) is 0.188. The van der Waals surface area contributed by atoms with Crippen LogP contribution >= 0.6 is 0 Å². The summed E-state index contributed by atoms with van der Waals surface area (Å²) in [4.78, 5) is -0.273. The summed E-state index contributed by atoms with van der Waals surface area (Å²) in [6.07, 6.45) is 1.78. The summed E-state index contributed by atoms with van der Waals surface area (Å²) in [7, 11) is -3.84. The highest BCUT2D eigenvalue weighted by molar-refractivity contribution is 7.93. The Balaban J connectivity index is 2.06. The first-order valence-electron chi connectivity index (χ1n) is 8.65. The molecular weight excluding hydrogens is 430 g/mol. The minimum Gasteiger partial charge on any atom is -0.593 e. The first kappa shape index (κ1) is 20.4. The predicted octanol–water partition coefficient (Wildman–Crippen LogP) is -0.401. The summed E-state index contributed by atoms with van der Waals surface area (Å²) < 4.78 is 39.8. The molecule has 0 bridgehead atoms. The number of aromatic nitrogens is 7. The van der Waals surface area contributed by atoms with Crippen molar-refractivity contribution in [1.82, 2.24) is 35.2 Å². The van der Waals surface area contributed by atoms with Gasteiger partial charge in [-0.2, -0.15) is 0 Å². The maximum Gasteiger partial charge on any atom is 0.203 e. The van der Waals surface area contributed by atoms with Crippen molar-refractivity contribution in [2.24, 2.45) is 10.9 Å². The van der Waals surface area contributed by atoms with Gasteiger partial charge in [0.15, 0.2) is 21.3 Å². The zero-order valence-corrected chi connectivity index (χ0v) is 17.3. The number of sulfone groups is 1. The van der Waals surface area contributed by atoms with E-state index in [1.807, 2.05) is 0 Å². The van der Waals surface area contributed by atoms with Crippen LogP contribution in [0.15, 0.2) is 40.3 Å². The van der Waals surface area contributed by atoms with Crippen LogP contribution in [0.2, 0.25) is 0 Å². The Kier molecular flexibility index (Phi) is 5.25. The molecule has 156 valence electrons. The molecule has 0 aliphatic rings. The number of fused-ring (bicyclic) bond motifs is 1. The van der Waals surface area contributed by atoms with Crippen molar-refractivity contribution in [3.05, 3.63) is 36.3 Å². The van der Waals surface area contributed by atoms with Crippen molar-refractivity contribution >= 4 is 26.8 Å². The van der Waals surface area contributed by atoms with Crippen LogP contribution in [0.4, 0.5) is 0 Å². The van der Waals surface area contributed by atoms with Crippen LogP contribution in [0.3, 0.4) is 0 Å². The quantitative estimate of drug-likeness (QED) is 0.327. The highest BCUT2D eigenvalue weighted by Crippen LogP contribution is 2.39. The average molecular weight is 448 g/mol. The summed E-state index contributed by atoms with van der Waals surface area (Å²) in [5, 5.41) is 27.4. The molecule has 0 aliphatic carbocycles. The lowest BCUT2D eigenvalue weighted by molar-refractivity contribution is 0.583. The molecule has 5 N–H and O–H groups in total. The number of nitrogens with one attached hydrogen (secondary N) is 1. The van der Waals surface area contributed by atoms with Crippen LogP contribution in [0.5, 0.6) is 0 Å². The van der Waals surface area contributed by atoms with Crippen molar-refractivity contribution in [3.8, 4) is 22.5 Å². The van der Waals surface area contributed by atoms with Crippen molar-refractivity contribution < 1.29 is 13.0 Å². The van der Waals surface area contributed by atoms with E-state index in [0.29, 0.717) is 22.6 Å². The number of nitrogens with zero attached hydrogens (tertiary/aromatic N) is 6. The Hall–Kier alpha value is -2.91. The second kappa shape index (κ2) is 7.73. The second-order valence-electron chi connectivity index (χ2n) is 6.36. The molecule has 1 unspecified atom stereocenters. The number of rotatable bonds is 6. The standard InChI is InChI=1S/C16H17N9O3S2/c1-9-19-20-13-5-2-10(8-25(9)13)11-3-4-12(30(27,28)7-6-17)15(29(18)26)14(11)16-21-23-24-22-16/h2-5,8H,6-7,17-18H2,1H3,(H,21,22,23,24). The Morgan fingerprint density at radius 3 is 2.67 bits per heavy atom. The van der Waals surface area contributed by atoms with Crippen LogP contribution in [-0.2, 0) is 21.2 Å². The summed E-state index contributed by atoms with van der Waals surface area (Å²) in [6, 6.07) is 6.51. The lowest BCUT2D eigenvalue weighted by Gasteiger charge is -2.16. The van der Waals surface area contributed by atoms with Gasteiger partial charge in [0, 0.05) is 12.7 Å². The molecular formula is C16H17N9O3S2. The number of hydrogen-bond donors (Lipinski definition) is 3. The number of aromatic amines is 1. The van der Waals surface area contributed by atoms with Crippen molar-refractivity contribution in [3.63, 3.8) is 0 Å². The van der Waals surface area contributed by atoms with E-state index in [9.17, 15) is 13.0 Å². The van der Waals surface area contributed by atoms with Gasteiger partial charge in [-0.05, 0) is 46.7 Å². The van der Waals surface area contributed by atoms with Gasteiger partial charge >= 0.3 is 0 Å². The van der Waals surface area contributed by atoms with E-state index in [0.717, 1.165) is 0 Å². The summed E-state index contributed by atoms with van der Waals surface area (Å²) in [6.45, 7) is 1.71. The minimum atomic E-state index is -3.84. The average Bonchev–Trinajstić information content (AvgIpc) is 3.37. The number of pyridine rings is 1. The van der Waals surface area contributed by atoms with Crippen LogP contribution in [0.1, 0.15) is 5.82 Å². The summed E-state index contributed by atoms with van der Waals surface area (Å²) in [5.74, 6) is 0.472. The number of nitrogens with two attached hydrogens (primary N) is 2. The van der Waals surface area contributed by atoms with Crippen LogP contribution < -0.4 is 10.9 Å². The molecule has 0 radical (unpaired) electrons. The van der Waals surface area contributed by atoms with E-state index in [4.69, 9.17) is 10.9 Å². The molecule has 4 aromatic rings. The van der Waals surface area contributed by atoms with Gasteiger partial charge in [-0.25, -0.2) is 13.5 Å². The van der Waals surface area contributed by atoms with E-state index in [-0.39, 0.29) is 33.5 Å². The molecule has 1 atom stereocenters. The van der Waals surface area contributed by atoms with Gasteiger partial charge in [-0.15, -0.1) is 20.4 Å². The van der Waals surface area contributed by atoms with Gasteiger partial charge in [0.05, 0.1) is 22.7 Å². The van der Waals surface area contributed by atoms with Crippen molar-refractivity contribution in [2.75, 3.05) is 12.3 Å². The SMILES string of the molecule is Cc1nnc2ccc(-c3ccc(S(=O)(=O)CCN)c([S+](N)[O-])c3-c3nnn[nH]3)cn12. The molecule has 0 amide bonds. The van der Waals surface area contributed by atoms with E-state index in [1.165, 1.54) is 6.07 Å². The highest BCUT2D eigenvalue weighted by atomic mass is 32.2. The lowest BCUT2D eigenvalue weighted by Crippen LogP contribution is -2.22. The number of benzene rings is 1. The molecule has 1 aromatic carbocycles. The van der Waals surface area contributed by atoms with Gasteiger partial charge in [-0.3, -0.25) is 4.40 Å². The molecule has 0 aliphatic heterocycles. The fourth-order valence-electron chi connectivity index (χ4n) is 3.18. The van der Waals surface area contributed by atoms with Crippen LogP contribution in [0.25, 0.3) is 28.2 Å². The Bertz CT molecular complexity index is 1320. The molecule has 4 rings (SSSR count). The summed E-state index contributed by atoms with van der Waals surface area (Å²) >= 11 is -2.16. The maximum absolute atomic E-state index is 12.8. The predicted molar refractivity (Wildman–Crippen MR) is 108 cm³/mol. The zero-order valence-electron chi connectivity index (χ0n) is 15.7. The van der Waals surface area contributed by atoms with Gasteiger partial charge in [0.2, 0.25) is 4.90 Å². The Morgan fingerprint density at radius 1 is 1.20 bits per heavy atom. The molecule has 0 spiro atoms. The Morgan fingerprint density at radius 2 is 2.00 bits per heavy atom. The van der Waals surface area contributed by atoms with Crippen molar-refractivity contribution in [1.29, 1.82) is 0 Å². The van der Waals surface area contributed by atoms with Gasteiger partial charge in [0.25, 0.3) is 0 Å². The maximum atomic E-state index is 12.8. The third kappa shape index (κ3) is 3.44. The second-order valence-corrected chi connectivity index (χ2v) is 9.44. The topological polar surface area (TPSA) is 194 Å². The molecule has 3 heterocycles. The number of hydrogen-bond acceptors (Lipinski definition) is 10. The largest absolute Gasteiger partial charge is 0.593 e. The third-order valence-corrected chi connectivity index (χ3v) is 7.25. The Labute approximate surface area is 173 Å². The highest BCUT2D eigenvalue weighted by Gasteiger charge is 2.32. The zero-order chi connectivity index (χ0) is 21.5. The van der Waals surface area contributed by atoms with Gasteiger partial charge < -0.3 is 10.3 Å². The fourth-order valence-corrected chi connectivity index (χ4v) is 5.67. The van der Waals surface area contributed by atoms with Gasteiger partial charge in [-0.1, -0.05) is 6.07 Å². The summed E-state index contributed by atoms with van der Waals surface area (Å²) in [5.41, 5.74) is 7.52. The first-order chi connectivity index (χ1) is 14.3. The van der Waals surface area contributed by atoms with E-state index in [1.54, 1.807) is 35.7 Å². The van der Waals surface area contributed by atoms with Crippen LogP contribution in [-0.4, -0.2) is 60.5 Å². The van der Waals surface area contributed by atoms with Crippen LogP contribution in [0, 0.1) is 6.92 Å². The molecule has 30 heavy (non-hydrogen) atoms.